The van der Waals surface area contributed by atoms with Crippen LogP contribution in [-0.4, -0.2) is 26.7 Å². The minimum Gasteiger partial charge on any atom is -0.493 e. The van der Waals surface area contributed by atoms with E-state index in [-0.39, 0.29) is 11.3 Å². The third-order valence-corrected chi connectivity index (χ3v) is 3.31. The van der Waals surface area contributed by atoms with E-state index >= 15 is 0 Å². The van der Waals surface area contributed by atoms with E-state index in [0.29, 0.717) is 24.5 Å². The average Bonchev–Trinajstić information content (AvgIpc) is 2.69. The van der Waals surface area contributed by atoms with Crippen molar-refractivity contribution in [1.82, 2.24) is 5.32 Å². The van der Waals surface area contributed by atoms with Crippen LogP contribution in [0.15, 0.2) is 18.2 Å². The second kappa shape index (κ2) is 4.28. The Morgan fingerprint density at radius 2 is 1.94 bits per heavy atom. The van der Waals surface area contributed by atoms with Crippen LogP contribution in [0.5, 0.6) is 11.5 Å². The fraction of sp³-hybridized carbons (Fsp3) is 0.462. The first-order valence-electron chi connectivity index (χ1n) is 5.58. The number of rotatable bonds is 3. The summed E-state index contributed by atoms with van der Waals surface area (Å²) in [6.45, 7) is 2.74. The summed E-state index contributed by atoms with van der Waals surface area (Å²) in [4.78, 5) is 11.3. The smallest absolute Gasteiger partial charge is 0.220 e. The van der Waals surface area contributed by atoms with Gasteiger partial charge in [0.1, 0.15) is 0 Å². The Bertz CT molecular complexity index is 444. The zero-order valence-electron chi connectivity index (χ0n) is 10.4. The summed E-state index contributed by atoms with van der Waals surface area (Å²) in [6.07, 6.45) is 0.516. The molecule has 1 aliphatic rings. The molecular formula is C13H17NO3. The molecule has 0 bridgehead atoms. The van der Waals surface area contributed by atoms with Gasteiger partial charge in [-0.25, -0.2) is 0 Å². The average molecular weight is 235 g/mol. The second-order valence-corrected chi connectivity index (χ2v) is 4.58. The van der Waals surface area contributed by atoms with Crippen LogP contribution in [0.2, 0.25) is 0 Å². The molecule has 0 aromatic heterocycles. The van der Waals surface area contributed by atoms with Crippen molar-refractivity contribution >= 4 is 5.91 Å². The van der Waals surface area contributed by atoms with Crippen molar-refractivity contribution < 1.29 is 14.3 Å². The Labute approximate surface area is 101 Å². The number of amides is 1. The summed E-state index contributed by atoms with van der Waals surface area (Å²) in [5, 5.41) is 2.86. The molecule has 0 saturated carbocycles. The van der Waals surface area contributed by atoms with Crippen LogP contribution in [0.4, 0.5) is 0 Å². The minimum atomic E-state index is -0.156. The molecule has 1 heterocycles. The monoisotopic (exact) mass is 235 g/mol. The first-order chi connectivity index (χ1) is 8.09. The molecule has 0 radical (unpaired) electrons. The Morgan fingerprint density at radius 1 is 1.24 bits per heavy atom. The first-order valence-corrected chi connectivity index (χ1v) is 5.58. The summed E-state index contributed by atoms with van der Waals surface area (Å²) in [7, 11) is 3.22. The largest absolute Gasteiger partial charge is 0.493 e. The van der Waals surface area contributed by atoms with E-state index in [1.807, 2.05) is 18.2 Å². The molecule has 1 unspecified atom stereocenters. The summed E-state index contributed by atoms with van der Waals surface area (Å²) >= 11 is 0. The third kappa shape index (κ3) is 2.07. The summed E-state index contributed by atoms with van der Waals surface area (Å²) in [5.41, 5.74) is 0.935. The highest BCUT2D eigenvalue weighted by molar-refractivity contribution is 5.80. The van der Waals surface area contributed by atoms with Gasteiger partial charge in [-0.1, -0.05) is 13.0 Å². The molecule has 1 aromatic rings. The van der Waals surface area contributed by atoms with Crippen molar-refractivity contribution in [1.29, 1.82) is 0 Å². The van der Waals surface area contributed by atoms with Crippen LogP contribution in [0.1, 0.15) is 18.9 Å². The predicted octanol–water partition coefficient (Wildman–Crippen LogP) is 1.48. The van der Waals surface area contributed by atoms with Crippen LogP contribution >= 0.6 is 0 Å². The highest BCUT2D eigenvalue weighted by atomic mass is 16.5. The number of benzene rings is 1. The quantitative estimate of drug-likeness (QED) is 0.863. The molecule has 1 amide bonds. The molecule has 1 fully saturated rings. The molecule has 1 N–H and O–H groups in total. The van der Waals surface area contributed by atoms with E-state index in [0.717, 1.165) is 5.56 Å². The first kappa shape index (κ1) is 11.8. The van der Waals surface area contributed by atoms with Gasteiger partial charge in [-0.15, -0.1) is 0 Å². The molecule has 1 atom stereocenters. The maximum Gasteiger partial charge on any atom is 0.220 e. The fourth-order valence-electron chi connectivity index (χ4n) is 2.19. The van der Waals surface area contributed by atoms with Crippen molar-refractivity contribution in [2.75, 3.05) is 20.8 Å². The molecular weight excluding hydrogens is 218 g/mol. The van der Waals surface area contributed by atoms with Gasteiger partial charge in [-0.3, -0.25) is 4.79 Å². The Kier molecular flexibility index (Phi) is 2.96. The molecule has 92 valence electrons. The van der Waals surface area contributed by atoms with Crippen LogP contribution in [0, 0.1) is 0 Å². The van der Waals surface area contributed by atoms with E-state index in [4.69, 9.17) is 9.47 Å². The number of ether oxygens (including phenoxy) is 2. The maximum absolute atomic E-state index is 11.3. The Morgan fingerprint density at radius 3 is 2.47 bits per heavy atom. The summed E-state index contributed by atoms with van der Waals surface area (Å²) in [6, 6.07) is 5.81. The lowest BCUT2D eigenvalue weighted by molar-refractivity contribution is -0.119. The predicted molar refractivity (Wildman–Crippen MR) is 64.5 cm³/mol. The molecule has 2 rings (SSSR count). The van der Waals surface area contributed by atoms with Gasteiger partial charge in [-0.05, 0) is 17.7 Å². The van der Waals surface area contributed by atoms with Crippen LogP contribution in [-0.2, 0) is 10.2 Å². The lowest BCUT2D eigenvalue weighted by atomic mass is 9.81. The van der Waals surface area contributed by atoms with Gasteiger partial charge in [0.2, 0.25) is 5.91 Å². The van der Waals surface area contributed by atoms with Crippen molar-refractivity contribution in [3.8, 4) is 11.5 Å². The van der Waals surface area contributed by atoms with Crippen LogP contribution in [0.3, 0.4) is 0 Å². The van der Waals surface area contributed by atoms with Crippen LogP contribution in [0.25, 0.3) is 0 Å². The molecule has 1 saturated heterocycles. The minimum absolute atomic E-state index is 0.0993. The maximum atomic E-state index is 11.3. The fourth-order valence-corrected chi connectivity index (χ4v) is 2.19. The molecule has 0 spiro atoms. The standard InChI is InChI=1S/C13H17NO3/c1-13(7-12(15)14-8-13)9-4-5-10(16-2)11(6-9)17-3/h4-6H,7-8H2,1-3H3,(H,14,15). The SMILES string of the molecule is COc1ccc(C2(C)CNC(=O)C2)cc1OC. The van der Waals surface area contributed by atoms with E-state index in [9.17, 15) is 4.79 Å². The lowest BCUT2D eigenvalue weighted by Gasteiger charge is -2.23. The molecule has 4 nitrogen and oxygen atoms in total. The zero-order chi connectivity index (χ0) is 12.5. The summed E-state index contributed by atoms with van der Waals surface area (Å²) in [5.74, 6) is 1.50. The van der Waals surface area contributed by atoms with Gasteiger partial charge < -0.3 is 14.8 Å². The highest BCUT2D eigenvalue weighted by Crippen LogP contribution is 2.36. The van der Waals surface area contributed by atoms with Gasteiger partial charge >= 0.3 is 0 Å². The molecule has 17 heavy (non-hydrogen) atoms. The van der Waals surface area contributed by atoms with Gasteiger partial charge in [0.05, 0.1) is 14.2 Å². The molecule has 0 aliphatic carbocycles. The van der Waals surface area contributed by atoms with Crippen molar-refractivity contribution in [3.63, 3.8) is 0 Å². The van der Waals surface area contributed by atoms with E-state index in [1.165, 1.54) is 0 Å². The molecule has 4 heteroatoms. The summed E-state index contributed by atoms with van der Waals surface area (Å²) < 4.78 is 10.5. The topological polar surface area (TPSA) is 47.6 Å². The highest BCUT2D eigenvalue weighted by Gasteiger charge is 2.35. The Hall–Kier alpha value is -1.71. The van der Waals surface area contributed by atoms with Crippen LogP contribution < -0.4 is 14.8 Å². The number of carbonyl (C=O) groups excluding carboxylic acids is 1. The van der Waals surface area contributed by atoms with Crippen molar-refractivity contribution in [3.05, 3.63) is 23.8 Å². The Balaban J connectivity index is 2.36. The van der Waals surface area contributed by atoms with Crippen molar-refractivity contribution in [2.24, 2.45) is 0 Å². The van der Waals surface area contributed by atoms with Gasteiger partial charge in [0.15, 0.2) is 11.5 Å². The zero-order valence-corrected chi connectivity index (χ0v) is 10.4. The van der Waals surface area contributed by atoms with Gasteiger partial charge in [0.25, 0.3) is 0 Å². The number of nitrogens with one attached hydrogen (secondary N) is 1. The molecule has 1 aromatic carbocycles. The van der Waals surface area contributed by atoms with E-state index in [1.54, 1.807) is 14.2 Å². The van der Waals surface area contributed by atoms with Gasteiger partial charge in [0, 0.05) is 18.4 Å². The number of methoxy groups -OCH3 is 2. The van der Waals surface area contributed by atoms with Crippen molar-refractivity contribution in [2.45, 2.75) is 18.8 Å². The molecule has 1 aliphatic heterocycles. The van der Waals surface area contributed by atoms with E-state index in [2.05, 4.69) is 12.2 Å². The van der Waals surface area contributed by atoms with E-state index < -0.39 is 0 Å². The third-order valence-electron chi connectivity index (χ3n) is 3.31. The number of hydrogen-bond acceptors (Lipinski definition) is 3. The second-order valence-electron chi connectivity index (χ2n) is 4.58. The normalized spacial score (nSPS) is 23.4. The van der Waals surface area contributed by atoms with Gasteiger partial charge in [-0.2, -0.15) is 0 Å². The number of hydrogen-bond donors (Lipinski definition) is 1. The lowest BCUT2D eigenvalue weighted by Crippen LogP contribution is -2.24. The number of carbonyl (C=O) groups is 1.